The number of nitrogens with zero attached hydrogens (tertiary/aromatic N) is 3. The summed E-state index contributed by atoms with van der Waals surface area (Å²) >= 11 is 7.24. The number of carbonyl (C=O) groups is 3. The molecule has 1 spiro atoms. The largest absolute Gasteiger partial charge is 0.481 e. The highest BCUT2D eigenvalue weighted by Crippen LogP contribution is 2.47. The van der Waals surface area contributed by atoms with Crippen molar-refractivity contribution in [3.8, 4) is 0 Å². The molecule has 1 saturated heterocycles. The lowest BCUT2D eigenvalue weighted by atomic mass is 9.81. The maximum Gasteiger partial charge on any atom is 0.303 e. The van der Waals surface area contributed by atoms with Crippen LogP contribution in [0.15, 0.2) is 24.4 Å². The van der Waals surface area contributed by atoms with Crippen LogP contribution in [0.2, 0.25) is 4.34 Å². The van der Waals surface area contributed by atoms with Crippen molar-refractivity contribution in [2.45, 2.75) is 38.0 Å². The van der Waals surface area contributed by atoms with E-state index < -0.39 is 5.97 Å². The van der Waals surface area contributed by atoms with Crippen LogP contribution in [-0.2, 0) is 32.6 Å². The minimum Gasteiger partial charge on any atom is -0.481 e. The zero-order valence-electron chi connectivity index (χ0n) is 16.6. The Kier molecular flexibility index (Phi) is 5.55. The van der Waals surface area contributed by atoms with Crippen LogP contribution in [0, 0.1) is 0 Å². The fraction of sp³-hybridized carbons (Fsp3) is 0.429. The molecule has 3 heterocycles. The van der Waals surface area contributed by atoms with E-state index in [0.29, 0.717) is 35.4 Å². The monoisotopic (exact) mass is 447 g/mol. The normalized spacial score (nSPS) is 20.1. The Morgan fingerprint density at radius 1 is 1.30 bits per heavy atom. The predicted molar refractivity (Wildman–Crippen MR) is 114 cm³/mol. The second kappa shape index (κ2) is 8.00. The molecule has 1 unspecified atom stereocenters. The van der Waals surface area contributed by atoms with Crippen LogP contribution in [0.4, 0.5) is 5.69 Å². The molecule has 1 aromatic carbocycles. The van der Waals surface area contributed by atoms with Crippen LogP contribution in [0.25, 0.3) is 0 Å². The number of aromatic nitrogens is 1. The molecule has 2 aliphatic heterocycles. The van der Waals surface area contributed by atoms with Crippen LogP contribution in [0.5, 0.6) is 0 Å². The molecule has 7 nitrogen and oxygen atoms in total. The summed E-state index contributed by atoms with van der Waals surface area (Å²) in [5.74, 6) is -0.871. The molecule has 158 valence electrons. The third-order valence-corrected chi connectivity index (χ3v) is 7.05. The van der Waals surface area contributed by atoms with Crippen molar-refractivity contribution in [2.24, 2.45) is 0 Å². The summed E-state index contributed by atoms with van der Waals surface area (Å²) in [6.45, 7) is 3.28. The van der Waals surface area contributed by atoms with E-state index >= 15 is 0 Å². The average molecular weight is 448 g/mol. The second-order valence-electron chi connectivity index (χ2n) is 7.93. The molecule has 0 bridgehead atoms. The molecule has 30 heavy (non-hydrogen) atoms. The van der Waals surface area contributed by atoms with Crippen molar-refractivity contribution < 1.29 is 19.5 Å². The summed E-state index contributed by atoms with van der Waals surface area (Å²) in [5.41, 5.74) is 2.47. The number of aliphatic carboxylic acids is 1. The first kappa shape index (κ1) is 20.8. The number of halogens is 1. The molecule has 0 radical (unpaired) electrons. The van der Waals surface area contributed by atoms with Crippen LogP contribution < -0.4 is 4.90 Å². The third-order valence-electron chi connectivity index (χ3n) is 5.94. The molecule has 1 atom stereocenters. The molecule has 1 N–H and O–H groups in total. The van der Waals surface area contributed by atoms with Crippen LogP contribution in [0.1, 0.15) is 35.9 Å². The highest BCUT2D eigenvalue weighted by Gasteiger charge is 2.49. The number of hydrogen-bond donors (Lipinski definition) is 1. The van der Waals surface area contributed by atoms with Crippen molar-refractivity contribution in [1.29, 1.82) is 0 Å². The molecule has 2 amide bonds. The van der Waals surface area contributed by atoms with Crippen molar-refractivity contribution in [3.63, 3.8) is 0 Å². The third kappa shape index (κ3) is 3.94. The first-order valence-corrected chi connectivity index (χ1v) is 11.0. The van der Waals surface area contributed by atoms with Gasteiger partial charge in [0.25, 0.3) is 0 Å². The smallest absolute Gasteiger partial charge is 0.303 e. The first-order valence-electron chi connectivity index (χ1n) is 9.79. The number of carbonyl (C=O) groups excluding carboxylic acids is 2. The van der Waals surface area contributed by atoms with Gasteiger partial charge >= 0.3 is 5.97 Å². The van der Waals surface area contributed by atoms with E-state index in [-0.39, 0.29) is 30.1 Å². The highest BCUT2D eigenvalue weighted by atomic mass is 35.5. The average Bonchev–Trinajstić information content (AvgIpc) is 3.39. The van der Waals surface area contributed by atoms with Gasteiger partial charge in [-0.2, -0.15) is 0 Å². The molecule has 0 saturated carbocycles. The molecule has 9 heteroatoms. The number of carboxylic acid groups (broad SMARTS) is 1. The zero-order chi connectivity index (χ0) is 21.5. The number of amides is 2. The topological polar surface area (TPSA) is 90.8 Å². The van der Waals surface area contributed by atoms with Crippen molar-refractivity contribution >= 4 is 46.4 Å². The Morgan fingerprint density at radius 3 is 2.73 bits per heavy atom. The molecule has 1 aromatic heterocycles. The molecule has 4 rings (SSSR count). The summed E-state index contributed by atoms with van der Waals surface area (Å²) in [6, 6.07) is 5.82. The van der Waals surface area contributed by atoms with Gasteiger partial charge in [0.1, 0.15) is 9.34 Å². The summed E-state index contributed by atoms with van der Waals surface area (Å²) in [4.78, 5) is 43.9. The van der Waals surface area contributed by atoms with Crippen molar-refractivity contribution in [1.82, 2.24) is 9.88 Å². The second-order valence-corrected chi connectivity index (χ2v) is 9.68. The standard InChI is InChI=1S/C21H22ClN3O4S/c1-13(26)24-7-6-21(11-24)12-25(19(27)9-18-23-10-17(22)30-18)16-4-2-14(8-15(16)21)3-5-20(28)29/h2,4,8,10H,3,5-7,9,11-12H2,1H3,(H,28,29). The maximum atomic E-state index is 13.1. The predicted octanol–water partition coefficient (Wildman–Crippen LogP) is 2.89. The Labute approximate surface area is 183 Å². The van der Waals surface area contributed by atoms with Gasteiger partial charge in [0.2, 0.25) is 11.8 Å². The van der Waals surface area contributed by atoms with E-state index in [4.69, 9.17) is 16.7 Å². The Morgan fingerprint density at radius 2 is 2.10 bits per heavy atom. The summed E-state index contributed by atoms with van der Waals surface area (Å²) in [7, 11) is 0. The molecular weight excluding hydrogens is 426 g/mol. The van der Waals surface area contributed by atoms with Gasteiger partial charge in [-0.1, -0.05) is 23.7 Å². The van der Waals surface area contributed by atoms with E-state index in [9.17, 15) is 14.4 Å². The van der Waals surface area contributed by atoms with E-state index in [0.717, 1.165) is 23.2 Å². The SMILES string of the molecule is CC(=O)N1CCC2(C1)CN(C(=O)Cc1ncc(Cl)s1)c1ccc(CCC(=O)O)cc12. The number of likely N-dealkylation sites (tertiary alicyclic amines) is 1. The lowest BCUT2D eigenvalue weighted by molar-refractivity contribution is -0.137. The minimum atomic E-state index is -0.840. The number of anilines is 1. The van der Waals surface area contributed by atoms with Crippen LogP contribution in [-0.4, -0.2) is 52.4 Å². The number of aryl methyl sites for hydroxylation is 1. The molecule has 1 fully saturated rings. The number of rotatable bonds is 5. The number of thiazole rings is 1. The Balaban J connectivity index is 1.65. The van der Waals surface area contributed by atoms with Gasteiger partial charge in [0.15, 0.2) is 0 Å². The fourth-order valence-corrected chi connectivity index (χ4v) is 5.38. The lowest BCUT2D eigenvalue weighted by Gasteiger charge is -2.25. The highest BCUT2D eigenvalue weighted by molar-refractivity contribution is 7.15. The van der Waals surface area contributed by atoms with E-state index in [2.05, 4.69) is 4.98 Å². The van der Waals surface area contributed by atoms with Crippen LogP contribution >= 0.6 is 22.9 Å². The number of benzene rings is 1. The minimum absolute atomic E-state index is 0.0256. The van der Waals surface area contributed by atoms with Gasteiger partial charge in [-0.25, -0.2) is 4.98 Å². The quantitative estimate of drug-likeness (QED) is 0.761. The number of fused-ring (bicyclic) bond motifs is 2. The van der Waals surface area contributed by atoms with Gasteiger partial charge in [-0.3, -0.25) is 14.4 Å². The Hall–Kier alpha value is -2.45. The Bertz CT molecular complexity index is 1020. The van der Waals surface area contributed by atoms with Gasteiger partial charge < -0.3 is 14.9 Å². The lowest BCUT2D eigenvalue weighted by Crippen LogP contribution is -2.40. The molecule has 0 aliphatic carbocycles. The number of carboxylic acids is 1. The van der Waals surface area contributed by atoms with E-state index in [1.165, 1.54) is 11.3 Å². The molecule has 2 aromatic rings. The van der Waals surface area contributed by atoms with E-state index in [1.54, 1.807) is 18.0 Å². The van der Waals surface area contributed by atoms with E-state index in [1.807, 2.05) is 23.1 Å². The molecular formula is C21H22ClN3O4S. The van der Waals surface area contributed by atoms with Gasteiger partial charge in [-0.05, 0) is 30.0 Å². The van der Waals surface area contributed by atoms with Gasteiger partial charge in [0, 0.05) is 44.1 Å². The van der Waals surface area contributed by atoms with Crippen LogP contribution in [0.3, 0.4) is 0 Å². The fourth-order valence-electron chi connectivity index (χ4n) is 4.43. The maximum absolute atomic E-state index is 13.1. The number of hydrogen-bond acceptors (Lipinski definition) is 5. The zero-order valence-corrected chi connectivity index (χ0v) is 18.1. The van der Waals surface area contributed by atoms with Crippen molar-refractivity contribution in [2.75, 3.05) is 24.5 Å². The molecule has 2 aliphatic rings. The van der Waals surface area contributed by atoms with Crippen molar-refractivity contribution in [3.05, 3.63) is 44.9 Å². The first-order chi connectivity index (χ1) is 14.3. The summed E-state index contributed by atoms with van der Waals surface area (Å²) < 4.78 is 0.548. The van der Waals surface area contributed by atoms with Gasteiger partial charge in [-0.15, -0.1) is 11.3 Å². The summed E-state index contributed by atoms with van der Waals surface area (Å²) in [6.07, 6.45) is 2.98. The van der Waals surface area contributed by atoms with Gasteiger partial charge in [0.05, 0.1) is 12.6 Å². The summed E-state index contributed by atoms with van der Waals surface area (Å²) in [5, 5.41) is 9.68.